The highest BCUT2D eigenvalue weighted by molar-refractivity contribution is 5.78. The van der Waals surface area contributed by atoms with Crippen LogP contribution in [-0.2, 0) is 4.79 Å². The van der Waals surface area contributed by atoms with E-state index < -0.39 is 0 Å². The summed E-state index contributed by atoms with van der Waals surface area (Å²) < 4.78 is 0. The molecule has 1 aliphatic carbocycles. The number of H-pyrrole nitrogens is 1. The van der Waals surface area contributed by atoms with E-state index >= 15 is 0 Å². The first-order valence-corrected chi connectivity index (χ1v) is 12.0. The number of nitrogens with zero attached hydrogens (tertiary/aromatic N) is 3. The number of fused-ring (bicyclic) bond motifs is 2. The topological polar surface area (TPSA) is 61.9 Å². The monoisotopic (exact) mass is 414 g/mol. The number of aryl methyl sites for hydroxylation is 1. The van der Waals surface area contributed by atoms with Gasteiger partial charge in [0.2, 0.25) is 5.91 Å². The number of likely N-dealkylation sites (tertiary alicyclic amines) is 1. The van der Waals surface area contributed by atoms with Crippen LogP contribution in [-0.4, -0.2) is 38.8 Å². The second-order valence-corrected chi connectivity index (χ2v) is 8.93. The minimum atomic E-state index is 0.166. The lowest BCUT2D eigenvalue weighted by atomic mass is 9.88. The van der Waals surface area contributed by atoms with E-state index in [1.807, 2.05) is 46.9 Å². The predicted octanol–water partition coefficient (Wildman–Crippen LogP) is 6.00. The molecule has 2 fully saturated rings. The Morgan fingerprint density at radius 3 is 2.63 bits per heavy atom. The van der Waals surface area contributed by atoms with Crippen LogP contribution in [0.4, 0.5) is 0 Å². The van der Waals surface area contributed by atoms with Gasteiger partial charge in [-0.1, -0.05) is 53.9 Å². The summed E-state index contributed by atoms with van der Waals surface area (Å²) in [5.74, 6) is 3.21. The average molecular weight is 415 g/mol. The number of carbonyl (C=O) groups is 1. The number of hydrogen-bond acceptors (Lipinski definition) is 3. The van der Waals surface area contributed by atoms with Gasteiger partial charge in [0, 0.05) is 30.6 Å². The number of amides is 1. The van der Waals surface area contributed by atoms with Crippen LogP contribution in [0, 0.1) is 30.6 Å². The fourth-order valence-electron chi connectivity index (χ4n) is 4.91. The maximum atomic E-state index is 12.1. The molecule has 0 bridgehead atoms. The molecule has 5 nitrogen and oxygen atoms in total. The first-order valence-electron chi connectivity index (χ1n) is 12.0. The van der Waals surface area contributed by atoms with Gasteiger partial charge in [0.05, 0.1) is 5.69 Å². The summed E-state index contributed by atoms with van der Waals surface area (Å²) in [5, 5.41) is 1.10. The second kappa shape index (κ2) is 12.1. The van der Waals surface area contributed by atoms with Gasteiger partial charge in [-0.2, -0.15) is 0 Å². The highest BCUT2D eigenvalue weighted by Gasteiger charge is 2.38. The molecular formula is C25H42N4O. The van der Waals surface area contributed by atoms with Crippen molar-refractivity contribution in [2.75, 3.05) is 13.1 Å². The van der Waals surface area contributed by atoms with E-state index in [-0.39, 0.29) is 5.92 Å². The Labute approximate surface area is 183 Å². The van der Waals surface area contributed by atoms with Gasteiger partial charge in [0.1, 0.15) is 12.0 Å². The van der Waals surface area contributed by atoms with E-state index in [1.165, 1.54) is 38.5 Å². The summed E-state index contributed by atoms with van der Waals surface area (Å²) >= 11 is 0. The number of hydrogen-bond donors (Lipinski definition) is 1. The van der Waals surface area contributed by atoms with Crippen LogP contribution in [0.3, 0.4) is 0 Å². The predicted molar refractivity (Wildman–Crippen MR) is 125 cm³/mol. The van der Waals surface area contributed by atoms with Gasteiger partial charge < -0.3 is 9.88 Å². The van der Waals surface area contributed by atoms with Gasteiger partial charge in [-0.05, 0) is 50.0 Å². The molecule has 3 atom stereocenters. The third-order valence-electron chi connectivity index (χ3n) is 6.49. The van der Waals surface area contributed by atoms with Crippen molar-refractivity contribution < 1.29 is 4.79 Å². The Hall–Kier alpha value is -1.91. The molecule has 1 saturated heterocycles. The highest BCUT2D eigenvalue weighted by atomic mass is 16.2. The SMILES string of the molecule is CC.CCCCC1CC2CCN(C(=O)C(C)C)CC2C1.Cc1ncnc2[nH]ccc12. The molecule has 0 spiro atoms. The van der Waals surface area contributed by atoms with E-state index in [1.54, 1.807) is 6.33 Å². The molecule has 1 aliphatic heterocycles. The van der Waals surface area contributed by atoms with Crippen molar-refractivity contribution >= 4 is 16.9 Å². The summed E-state index contributed by atoms with van der Waals surface area (Å²) in [4.78, 5) is 25.3. The number of aromatic nitrogens is 3. The number of aromatic amines is 1. The zero-order valence-electron chi connectivity index (χ0n) is 19.9. The summed E-state index contributed by atoms with van der Waals surface area (Å²) in [7, 11) is 0. The number of rotatable bonds is 4. The van der Waals surface area contributed by atoms with Gasteiger partial charge in [0.15, 0.2) is 0 Å². The largest absolute Gasteiger partial charge is 0.346 e. The minimum Gasteiger partial charge on any atom is -0.346 e. The highest BCUT2D eigenvalue weighted by Crippen LogP contribution is 2.43. The van der Waals surface area contributed by atoms with Gasteiger partial charge >= 0.3 is 0 Å². The fraction of sp³-hybridized carbons (Fsp3) is 0.720. The maximum Gasteiger partial charge on any atom is 0.225 e. The molecule has 5 heteroatoms. The van der Waals surface area contributed by atoms with Gasteiger partial charge in [-0.3, -0.25) is 4.79 Å². The zero-order valence-corrected chi connectivity index (χ0v) is 19.9. The molecule has 2 aromatic heterocycles. The Morgan fingerprint density at radius 1 is 1.23 bits per heavy atom. The van der Waals surface area contributed by atoms with Gasteiger partial charge in [-0.25, -0.2) is 9.97 Å². The minimum absolute atomic E-state index is 0.166. The molecule has 0 aromatic carbocycles. The molecule has 3 unspecified atom stereocenters. The number of piperidine rings is 1. The van der Waals surface area contributed by atoms with Crippen LogP contribution in [0.25, 0.3) is 11.0 Å². The molecule has 3 heterocycles. The lowest BCUT2D eigenvalue weighted by Gasteiger charge is -2.36. The summed E-state index contributed by atoms with van der Waals surface area (Å²) in [6, 6.07) is 1.98. The second-order valence-electron chi connectivity index (χ2n) is 8.93. The van der Waals surface area contributed by atoms with Crippen molar-refractivity contribution in [1.29, 1.82) is 0 Å². The van der Waals surface area contributed by atoms with Crippen molar-refractivity contribution in [3.05, 3.63) is 24.3 Å². The average Bonchev–Trinajstić information content (AvgIpc) is 3.40. The standard InChI is InChI=1S/C16H29NO.C7H7N3.C2H6/c1-4-5-6-13-9-14-7-8-17(11-15(14)10-13)16(18)12(2)3;1-5-6-2-3-8-7(6)10-4-9-5;1-2/h12-15H,4-11H2,1-3H3;2-4H,1H3,(H,8,9,10);1-2H3. The smallest absolute Gasteiger partial charge is 0.225 e. The van der Waals surface area contributed by atoms with Gasteiger partial charge in [0.25, 0.3) is 0 Å². The molecule has 30 heavy (non-hydrogen) atoms. The third-order valence-corrected chi connectivity index (χ3v) is 6.49. The van der Waals surface area contributed by atoms with Crippen LogP contribution in [0.15, 0.2) is 18.6 Å². The van der Waals surface area contributed by atoms with Crippen molar-refractivity contribution in [2.24, 2.45) is 23.7 Å². The summed E-state index contributed by atoms with van der Waals surface area (Å²) in [5.41, 5.74) is 1.93. The summed E-state index contributed by atoms with van der Waals surface area (Å²) in [6.45, 7) is 14.4. The number of unbranched alkanes of at least 4 members (excludes halogenated alkanes) is 1. The Kier molecular flexibility index (Phi) is 9.80. The van der Waals surface area contributed by atoms with Crippen LogP contribution in [0.1, 0.15) is 78.8 Å². The number of carbonyl (C=O) groups excluding carboxylic acids is 1. The van der Waals surface area contributed by atoms with Crippen molar-refractivity contribution in [2.45, 2.75) is 80.1 Å². The molecule has 2 aromatic rings. The van der Waals surface area contributed by atoms with Crippen LogP contribution in [0.5, 0.6) is 0 Å². The molecule has 168 valence electrons. The molecular weight excluding hydrogens is 372 g/mol. The quantitative estimate of drug-likeness (QED) is 0.667. The van der Waals surface area contributed by atoms with E-state index in [0.29, 0.717) is 5.91 Å². The molecule has 1 N–H and O–H groups in total. The van der Waals surface area contributed by atoms with Crippen molar-refractivity contribution in [1.82, 2.24) is 19.9 Å². The zero-order chi connectivity index (χ0) is 22.1. The first kappa shape index (κ1) is 24.4. The van der Waals surface area contributed by atoms with E-state index in [9.17, 15) is 4.79 Å². The number of nitrogens with one attached hydrogen (secondary N) is 1. The van der Waals surface area contributed by atoms with E-state index in [4.69, 9.17) is 0 Å². The Bertz CT molecular complexity index is 769. The molecule has 1 saturated carbocycles. The van der Waals surface area contributed by atoms with Crippen molar-refractivity contribution in [3.8, 4) is 0 Å². The Balaban J connectivity index is 0.000000224. The van der Waals surface area contributed by atoms with Gasteiger partial charge in [-0.15, -0.1) is 0 Å². The normalized spacial score (nSPS) is 22.8. The Morgan fingerprint density at radius 2 is 1.97 bits per heavy atom. The maximum absolute atomic E-state index is 12.1. The van der Waals surface area contributed by atoms with Crippen LogP contribution >= 0.6 is 0 Å². The lowest BCUT2D eigenvalue weighted by Crippen LogP contribution is -2.43. The summed E-state index contributed by atoms with van der Waals surface area (Å²) in [6.07, 6.45) is 11.6. The van der Waals surface area contributed by atoms with Crippen LogP contribution in [0.2, 0.25) is 0 Å². The third kappa shape index (κ3) is 6.29. The lowest BCUT2D eigenvalue weighted by molar-refractivity contribution is -0.136. The molecule has 4 rings (SSSR count). The molecule has 2 aliphatic rings. The van der Waals surface area contributed by atoms with Crippen molar-refractivity contribution in [3.63, 3.8) is 0 Å². The molecule has 1 amide bonds. The van der Waals surface area contributed by atoms with E-state index in [2.05, 4.69) is 26.8 Å². The fourth-order valence-corrected chi connectivity index (χ4v) is 4.91. The van der Waals surface area contributed by atoms with E-state index in [0.717, 1.165) is 47.6 Å². The van der Waals surface area contributed by atoms with Crippen LogP contribution < -0.4 is 0 Å². The molecule has 0 radical (unpaired) electrons. The first-order chi connectivity index (χ1) is 14.5.